The molecule has 0 spiro atoms. The maximum Gasteiger partial charge on any atom is 0.411 e. The normalized spacial score (nSPS) is 15.2. The number of carbonyl (C=O) groups excluding carboxylic acids is 1. The smallest absolute Gasteiger partial charge is 0.411 e. The van der Waals surface area contributed by atoms with Gasteiger partial charge in [0.25, 0.3) is 0 Å². The van der Waals surface area contributed by atoms with E-state index in [-0.39, 0.29) is 5.60 Å². The molecular weight excluding hydrogens is 354 g/mol. The summed E-state index contributed by atoms with van der Waals surface area (Å²) in [5.74, 6) is 0.809. The van der Waals surface area contributed by atoms with E-state index in [0.717, 1.165) is 57.7 Å². The first-order chi connectivity index (χ1) is 13.5. The van der Waals surface area contributed by atoms with E-state index in [2.05, 4.69) is 36.3 Å². The summed E-state index contributed by atoms with van der Waals surface area (Å²) in [6.07, 6.45) is 4.93. The highest BCUT2D eigenvalue weighted by molar-refractivity contribution is 5.84. The summed E-state index contributed by atoms with van der Waals surface area (Å²) in [6, 6.07) is 7.48. The molecule has 2 N–H and O–H groups in total. The minimum atomic E-state index is -0.401. The van der Waals surface area contributed by atoms with Gasteiger partial charge in [-0.1, -0.05) is 26.2 Å². The van der Waals surface area contributed by atoms with Gasteiger partial charge in [-0.3, -0.25) is 5.32 Å². The third-order valence-corrected chi connectivity index (χ3v) is 4.97. The van der Waals surface area contributed by atoms with Crippen LogP contribution in [0.3, 0.4) is 0 Å². The highest BCUT2D eigenvalue weighted by Gasteiger charge is 2.22. The summed E-state index contributed by atoms with van der Waals surface area (Å²) in [7, 11) is 0. The van der Waals surface area contributed by atoms with Crippen molar-refractivity contribution in [3.8, 4) is 5.75 Å². The van der Waals surface area contributed by atoms with Crippen molar-refractivity contribution in [3.63, 3.8) is 0 Å². The van der Waals surface area contributed by atoms with Crippen LogP contribution in [0.15, 0.2) is 24.3 Å². The number of nitrogens with zero attached hydrogens (tertiary/aromatic N) is 1. The van der Waals surface area contributed by atoms with E-state index in [1.807, 2.05) is 24.3 Å². The van der Waals surface area contributed by atoms with Gasteiger partial charge in [0, 0.05) is 38.4 Å². The highest BCUT2D eigenvalue weighted by Crippen LogP contribution is 2.23. The molecule has 6 nitrogen and oxygen atoms in total. The largest absolute Gasteiger partial charge is 0.488 e. The maximum atomic E-state index is 11.8. The molecule has 1 fully saturated rings. The van der Waals surface area contributed by atoms with Crippen LogP contribution < -0.4 is 15.4 Å². The molecule has 1 amide bonds. The molecule has 1 aromatic carbocycles. The van der Waals surface area contributed by atoms with Gasteiger partial charge in [-0.15, -0.1) is 0 Å². The number of unbranched alkanes of at least 4 members (excludes halogenated alkanes) is 3. The number of ether oxygens (including phenoxy) is 2. The molecule has 0 bridgehead atoms. The minimum absolute atomic E-state index is 0.239. The third-order valence-electron chi connectivity index (χ3n) is 4.97. The fourth-order valence-corrected chi connectivity index (χ4v) is 3.19. The van der Waals surface area contributed by atoms with Crippen molar-refractivity contribution < 1.29 is 14.3 Å². The van der Waals surface area contributed by atoms with Gasteiger partial charge in [-0.25, -0.2) is 4.79 Å². The lowest BCUT2D eigenvalue weighted by Gasteiger charge is -2.32. The zero-order chi connectivity index (χ0) is 20.2. The molecule has 1 aliphatic heterocycles. The van der Waals surface area contributed by atoms with Crippen molar-refractivity contribution in [2.45, 2.75) is 58.5 Å². The van der Waals surface area contributed by atoms with Gasteiger partial charge >= 0.3 is 6.09 Å². The Morgan fingerprint density at radius 1 is 1.14 bits per heavy atom. The van der Waals surface area contributed by atoms with Crippen molar-refractivity contribution in [2.24, 2.45) is 0 Å². The molecule has 0 saturated carbocycles. The second kappa shape index (κ2) is 11.9. The predicted molar refractivity (Wildman–Crippen MR) is 114 cm³/mol. The van der Waals surface area contributed by atoms with Crippen LogP contribution in [0.1, 0.15) is 52.9 Å². The number of hydrogen-bond donors (Lipinski definition) is 2. The number of hydrogen-bond acceptors (Lipinski definition) is 5. The Balaban J connectivity index is 1.71. The maximum absolute atomic E-state index is 11.8. The number of amides is 1. The standard InChI is InChI=1S/C22H37N3O3/c1-4-5-6-7-18-27-21(26)24-19-8-10-20(11-9-19)28-22(2,3)12-15-25-16-13-23-14-17-25/h8-11,23H,4-7,12-18H2,1-3H3,(H,24,26). The Hall–Kier alpha value is -1.79. The molecule has 2 rings (SSSR count). The lowest BCUT2D eigenvalue weighted by atomic mass is 10.0. The SMILES string of the molecule is CCCCCCOC(=O)Nc1ccc(OC(C)(C)CCN2CCNCC2)cc1. The van der Waals surface area contributed by atoms with E-state index < -0.39 is 6.09 Å². The first kappa shape index (κ1) is 22.5. The summed E-state index contributed by atoms with van der Waals surface area (Å²) in [4.78, 5) is 14.3. The molecule has 0 radical (unpaired) electrons. The van der Waals surface area contributed by atoms with Crippen LogP contribution in [0, 0.1) is 0 Å². The van der Waals surface area contributed by atoms with E-state index in [1.165, 1.54) is 12.8 Å². The monoisotopic (exact) mass is 391 g/mol. The summed E-state index contributed by atoms with van der Waals surface area (Å²) in [5.41, 5.74) is 0.474. The Morgan fingerprint density at radius 2 is 1.86 bits per heavy atom. The molecule has 0 aliphatic carbocycles. The molecule has 28 heavy (non-hydrogen) atoms. The first-order valence-corrected chi connectivity index (χ1v) is 10.6. The zero-order valence-corrected chi connectivity index (χ0v) is 17.8. The molecule has 1 aliphatic rings. The van der Waals surface area contributed by atoms with Crippen LogP contribution in [-0.4, -0.2) is 55.9 Å². The number of benzene rings is 1. The van der Waals surface area contributed by atoms with E-state index in [9.17, 15) is 4.79 Å². The summed E-state index contributed by atoms with van der Waals surface area (Å²) in [6.45, 7) is 12.2. The van der Waals surface area contributed by atoms with Crippen molar-refractivity contribution in [1.82, 2.24) is 10.2 Å². The Bertz CT molecular complexity index is 569. The van der Waals surface area contributed by atoms with Gasteiger partial charge < -0.3 is 19.7 Å². The van der Waals surface area contributed by atoms with Gasteiger partial charge in [0.05, 0.1) is 6.61 Å². The number of carbonyl (C=O) groups is 1. The molecule has 158 valence electrons. The van der Waals surface area contributed by atoms with Gasteiger partial charge in [0.1, 0.15) is 11.4 Å². The fourth-order valence-electron chi connectivity index (χ4n) is 3.19. The lowest BCUT2D eigenvalue weighted by Crippen LogP contribution is -2.45. The Labute approximate surface area is 170 Å². The highest BCUT2D eigenvalue weighted by atomic mass is 16.5. The van der Waals surface area contributed by atoms with Crippen molar-refractivity contribution in [1.29, 1.82) is 0 Å². The number of rotatable bonds is 11. The molecule has 1 aromatic rings. The molecule has 1 heterocycles. The van der Waals surface area contributed by atoms with Crippen molar-refractivity contribution >= 4 is 11.8 Å². The van der Waals surface area contributed by atoms with Gasteiger partial charge in [-0.05, 0) is 51.0 Å². The van der Waals surface area contributed by atoms with Crippen molar-refractivity contribution in [2.75, 3.05) is 44.6 Å². The van der Waals surface area contributed by atoms with Crippen LogP contribution in [0.5, 0.6) is 5.75 Å². The summed E-state index contributed by atoms with van der Waals surface area (Å²) >= 11 is 0. The second-order valence-corrected chi connectivity index (χ2v) is 8.05. The second-order valence-electron chi connectivity index (χ2n) is 8.05. The average molecular weight is 392 g/mol. The summed E-state index contributed by atoms with van der Waals surface area (Å²) < 4.78 is 11.4. The minimum Gasteiger partial charge on any atom is -0.488 e. The molecule has 0 aromatic heterocycles. The lowest BCUT2D eigenvalue weighted by molar-refractivity contribution is 0.0809. The molecule has 0 unspecified atom stereocenters. The Morgan fingerprint density at radius 3 is 2.54 bits per heavy atom. The van der Waals surface area contributed by atoms with Crippen molar-refractivity contribution in [3.05, 3.63) is 24.3 Å². The van der Waals surface area contributed by atoms with Crippen LogP contribution in [-0.2, 0) is 4.74 Å². The third kappa shape index (κ3) is 8.93. The fraction of sp³-hybridized carbons (Fsp3) is 0.682. The van der Waals surface area contributed by atoms with Gasteiger partial charge in [0.2, 0.25) is 0 Å². The Kier molecular flexibility index (Phi) is 9.58. The van der Waals surface area contributed by atoms with Gasteiger partial charge in [-0.2, -0.15) is 0 Å². The number of anilines is 1. The summed E-state index contributed by atoms with van der Waals surface area (Å²) in [5, 5.41) is 6.14. The number of nitrogens with one attached hydrogen (secondary N) is 2. The number of piperazine rings is 1. The predicted octanol–water partition coefficient (Wildman–Crippen LogP) is 4.27. The average Bonchev–Trinajstić information content (AvgIpc) is 2.68. The van der Waals surface area contributed by atoms with E-state index >= 15 is 0 Å². The van der Waals surface area contributed by atoms with Crippen LogP contribution in [0.25, 0.3) is 0 Å². The topological polar surface area (TPSA) is 62.8 Å². The van der Waals surface area contributed by atoms with E-state index in [0.29, 0.717) is 12.3 Å². The zero-order valence-electron chi connectivity index (χ0n) is 17.8. The first-order valence-electron chi connectivity index (χ1n) is 10.6. The van der Waals surface area contributed by atoms with E-state index in [1.54, 1.807) is 0 Å². The quantitative estimate of drug-likeness (QED) is 0.552. The van der Waals surface area contributed by atoms with E-state index in [4.69, 9.17) is 9.47 Å². The van der Waals surface area contributed by atoms with Crippen LogP contribution in [0.4, 0.5) is 10.5 Å². The molecule has 1 saturated heterocycles. The molecule has 0 atom stereocenters. The molecule has 6 heteroatoms. The van der Waals surface area contributed by atoms with Gasteiger partial charge in [0.15, 0.2) is 0 Å². The molecular formula is C22H37N3O3. The van der Waals surface area contributed by atoms with Crippen LogP contribution >= 0.6 is 0 Å². The van der Waals surface area contributed by atoms with Crippen LogP contribution in [0.2, 0.25) is 0 Å².